The molecule has 0 atom stereocenters. The molecule has 1 aliphatic heterocycles. The van der Waals surface area contributed by atoms with Crippen molar-refractivity contribution in [2.75, 3.05) is 25.6 Å². The summed E-state index contributed by atoms with van der Waals surface area (Å²) < 4.78 is 11.3. The lowest BCUT2D eigenvalue weighted by molar-refractivity contribution is 0.297. The summed E-state index contributed by atoms with van der Waals surface area (Å²) in [7, 11) is 1.73. The van der Waals surface area contributed by atoms with Gasteiger partial charge in [-0.05, 0) is 23.8 Å². The first-order chi connectivity index (χ1) is 11.8. The van der Waals surface area contributed by atoms with Gasteiger partial charge in [0.05, 0.1) is 13.2 Å². The molecule has 0 amide bonds. The maximum atomic E-state index is 6.18. The summed E-state index contributed by atoms with van der Waals surface area (Å²) in [6.07, 6.45) is 0.887. The van der Waals surface area contributed by atoms with E-state index in [0.29, 0.717) is 25.7 Å². The van der Waals surface area contributed by atoms with Crippen molar-refractivity contribution < 1.29 is 9.47 Å². The number of nitrogens with one attached hydrogen (secondary N) is 2. The molecule has 0 aliphatic carbocycles. The van der Waals surface area contributed by atoms with E-state index in [1.807, 2.05) is 42.5 Å². The number of hydrogen-bond acceptors (Lipinski definition) is 3. The summed E-state index contributed by atoms with van der Waals surface area (Å²) in [5.41, 5.74) is 1.90. The van der Waals surface area contributed by atoms with Crippen molar-refractivity contribution >= 4 is 23.2 Å². The predicted molar refractivity (Wildman–Crippen MR) is 97.3 cm³/mol. The van der Waals surface area contributed by atoms with Crippen LogP contribution in [0.1, 0.15) is 12.0 Å². The Bertz CT molecular complexity index is 734. The average molecular weight is 346 g/mol. The summed E-state index contributed by atoms with van der Waals surface area (Å²) in [5.74, 6) is 2.18. The van der Waals surface area contributed by atoms with Gasteiger partial charge in [0, 0.05) is 36.8 Å². The second-order valence-corrected chi connectivity index (χ2v) is 5.76. The molecular formula is C18H20ClN3O2. The Morgan fingerprint density at radius 2 is 1.92 bits per heavy atom. The first kappa shape index (κ1) is 16.5. The van der Waals surface area contributed by atoms with Crippen LogP contribution in [0.3, 0.4) is 0 Å². The lowest BCUT2D eigenvalue weighted by Crippen LogP contribution is -2.30. The topological polar surface area (TPSA) is 54.9 Å². The van der Waals surface area contributed by atoms with Crippen molar-refractivity contribution in [2.24, 2.45) is 4.99 Å². The Hall–Kier alpha value is -2.40. The molecule has 3 rings (SSSR count). The Labute approximate surface area is 146 Å². The van der Waals surface area contributed by atoms with E-state index < -0.39 is 0 Å². The molecule has 1 heterocycles. The van der Waals surface area contributed by atoms with Crippen LogP contribution in [0.25, 0.3) is 0 Å². The fourth-order valence-corrected chi connectivity index (χ4v) is 2.58. The van der Waals surface area contributed by atoms with Gasteiger partial charge in [0.15, 0.2) is 17.5 Å². The molecular weight excluding hydrogens is 326 g/mol. The van der Waals surface area contributed by atoms with E-state index in [1.165, 1.54) is 0 Å². The van der Waals surface area contributed by atoms with Crippen molar-refractivity contribution in [2.45, 2.75) is 13.0 Å². The van der Waals surface area contributed by atoms with E-state index in [-0.39, 0.29) is 0 Å². The summed E-state index contributed by atoms with van der Waals surface area (Å²) in [6, 6.07) is 13.5. The highest BCUT2D eigenvalue weighted by molar-refractivity contribution is 6.31. The van der Waals surface area contributed by atoms with E-state index in [9.17, 15) is 0 Å². The molecule has 0 saturated carbocycles. The molecule has 0 fully saturated rings. The molecule has 0 unspecified atom stereocenters. The molecule has 126 valence electrons. The Balaban J connectivity index is 1.65. The quantitative estimate of drug-likeness (QED) is 0.658. The van der Waals surface area contributed by atoms with Gasteiger partial charge in [-0.15, -0.1) is 0 Å². The zero-order valence-electron chi connectivity index (χ0n) is 13.5. The number of hydrogen-bond donors (Lipinski definition) is 2. The molecule has 0 radical (unpaired) electrons. The van der Waals surface area contributed by atoms with Crippen LogP contribution in [0, 0.1) is 0 Å². The monoisotopic (exact) mass is 345 g/mol. The average Bonchev–Trinajstić information content (AvgIpc) is 2.84. The van der Waals surface area contributed by atoms with Gasteiger partial charge in [-0.3, -0.25) is 4.99 Å². The van der Waals surface area contributed by atoms with Crippen molar-refractivity contribution in [1.82, 2.24) is 5.32 Å². The van der Waals surface area contributed by atoms with E-state index in [0.717, 1.165) is 34.2 Å². The molecule has 2 aromatic carbocycles. The van der Waals surface area contributed by atoms with Crippen LogP contribution in [0.4, 0.5) is 5.69 Å². The third-order valence-electron chi connectivity index (χ3n) is 3.64. The van der Waals surface area contributed by atoms with Gasteiger partial charge in [-0.1, -0.05) is 29.8 Å². The standard InChI is InChI=1S/C18H20ClN3O2/c1-20-18(21-12-13-5-2-3-6-15(13)19)22-14-7-8-16-17(11-14)24-10-4-9-23-16/h2-3,5-8,11H,4,9-10,12H2,1H3,(H2,20,21,22). The zero-order chi connectivity index (χ0) is 16.8. The largest absolute Gasteiger partial charge is 0.490 e. The number of benzene rings is 2. The highest BCUT2D eigenvalue weighted by Crippen LogP contribution is 2.32. The SMILES string of the molecule is CN=C(NCc1ccccc1Cl)Nc1ccc2c(c1)OCCCO2. The number of nitrogens with zero attached hydrogens (tertiary/aromatic N) is 1. The third-order valence-corrected chi connectivity index (χ3v) is 4.01. The third kappa shape index (κ3) is 4.11. The molecule has 6 heteroatoms. The molecule has 5 nitrogen and oxygen atoms in total. The molecule has 1 aliphatic rings. The molecule has 0 bridgehead atoms. The lowest BCUT2D eigenvalue weighted by atomic mass is 10.2. The lowest BCUT2D eigenvalue weighted by Gasteiger charge is -2.14. The van der Waals surface area contributed by atoms with Gasteiger partial charge in [0.25, 0.3) is 0 Å². The van der Waals surface area contributed by atoms with Gasteiger partial charge in [0.2, 0.25) is 0 Å². The molecule has 0 saturated heterocycles. The summed E-state index contributed by atoms with van der Waals surface area (Å²) in [6.45, 7) is 1.93. The Morgan fingerprint density at radius 1 is 1.12 bits per heavy atom. The first-order valence-corrected chi connectivity index (χ1v) is 8.25. The van der Waals surface area contributed by atoms with E-state index in [2.05, 4.69) is 15.6 Å². The van der Waals surface area contributed by atoms with Crippen LogP contribution in [0.5, 0.6) is 11.5 Å². The number of aliphatic imine (C=N–C) groups is 1. The van der Waals surface area contributed by atoms with Gasteiger partial charge in [-0.2, -0.15) is 0 Å². The minimum atomic E-state index is 0.587. The minimum Gasteiger partial charge on any atom is -0.490 e. The fraction of sp³-hybridized carbons (Fsp3) is 0.278. The second-order valence-electron chi connectivity index (χ2n) is 5.35. The van der Waals surface area contributed by atoms with Gasteiger partial charge in [0.1, 0.15) is 0 Å². The van der Waals surface area contributed by atoms with E-state index in [1.54, 1.807) is 7.05 Å². The first-order valence-electron chi connectivity index (χ1n) is 7.87. The van der Waals surface area contributed by atoms with Crippen molar-refractivity contribution in [3.05, 3.63) is 53.1 Å². The van der Waals surface area contributed by atoms with Crippen molar-refractivity contribution in [3.63, 3.8) is 0 Å². The Kier molecular flexibility index (Phi) is 5.43. The summed E-state index contributed by atoms with van der Waals surface area (Å²) >= 11 is 6.18. The van der Waals surface area contributed by atoms with Gasteiger partial charge >= 0.3 is 0 Å². The van der Waals surface area contributed by atoms with Gasteiger partial charge in [-0.25, -0.2) is 0 Å². The molecule has 2 aromatic rings. The smallest absolute Gasteiger partial charge is 0.195 e. The highest BCUT2D eigenvalue weighted by atomic mass is 35.5. The number of halogens is 1. The number of fused-ring (bicyclic) bond motifs is 1. The maximum Gasteiger partial charge on any atom is 0.195 e. The van der Waals surface area contributed by atoms with E-state index >= 15 is 0 Å². The minimum absolute atomic E-state index is 0.587. The normalized spacial score (nSPS) is 14.0. The van der Waals surface area contributed by atoms with Crippen LogP contribution in [0.15, 0.2) is 47.5 Å². The number of anilines is 1. The summed E-state index contributed by atoms with van der Waals surface area (Å²) in [4.78, 5) is 4.24. The Morgan fingerprint density at radius 3 is 2.71 bits per heavy atom. The number of rotatable bonds is 3. The molecule has 0 spiro atoms. The number of ether oxygens (including phenoxy) is 2. The van der Waals surface area contributed by atoms with E-state index in [4.69, 9.17) is 21.1 Å². The maximum absolute atomic E-state index is 6.18. The van der Waals surface area contributed by atoms with Crippen LogP contribution in [-0.4, -0.2) is 26.2 Å². The van der Waals surface area contributed by atoms with Crippen LogP contribution in [0.2, 0.25) is 5.02 Å². The van der Waals surface area contributed by atoms with Crippen molar-refractivity contribution in [1.29, 1.82) is 0 Å². The summed E-state index contributed by atoms with van der Waals surface area (Å²) in [5, 5.41) is 7.23. The van der Waals surface area contributed by atoms with Crippen LogP contribution >= 0.6 is 11.6 Å². The second kappa shape index (κ2) is 7.93. The van der Waals surface area contributed by atoms with Gasteiger partial charge < -0.3 is 20.1 Å². The molecule has 2 N–H and O–H groups in total. The molecule has 0 aromatic heterocycles. The molecule has 24 heavy (non-hydrogen) atoms. The zero-order valence-corrected chi connectivity index (χ0v) is 14.3. The van der Waals surface area contributed by atoms with Crippen LogP contribution in [-0.2, 0) is 6.54 Å². The predicted octanol–water partition coefficient (Wildman–Crippen LogP) is 3.69. The number of guanidine groups is 1. The highest BCUT2D eigenvalue weighted by Gasteiger charge is 2.11. The van der Waals surface area contributed by atoms with Crippen LogP contribution < -0.4 is 20.1 Å². The van der Waals surface area contributed by atoms with Crippen molar-refractivity contribution in [3.8, 4) is 11.5 Å². The fourth-order valence-electron chi connectivity index (χ4n) is 2.38.